The third-order valence-corrected chi connectivity index (χ3v) is 4.16. The van der Waals surface area contributed by atoms with Crippen molar-refractivity contribution in [3.8, 4) is 0 Å². The maximum absolute atomic E-state index is 12.1. The fourth-order valence-electron chi connectivity index (χ4n) is 1.34. The zero-order valence-corrected chi connectivity index (χ0v) is 11.7. The molecular formula is C11H16N4O3S. The molecule has 1 aromatic rings. The first kappa shape index (κ1) is 15.0. The fourth-order valence-corrected chi connectivity index (χ4v) is 2.46. The molecule has 7 nitrogen and oxygen atoms in total. The minimum Gasteiger partial charge on any atom is -0.369 e. The molecule has 19 heavy (non-hydrogen) atoms. The van der Waals surface area contributed by atoms with Gasteiger partial charge in [0.15, 0.2) is 0 Å². The average molecular weight is 284 g/mol. The summed E-state index contributed by atoms with van der Waals surface area (Å²) in [6.45, 7) is 1.37. The van der Waals surface area contributed by atoms with Crippen LogP contribution in [0.4, 0.5) is 5.69 Å². The quantitative estimate of drug-likeness (QED) is 0.611. The van der Waals surface area contributed by atoms with Crippen LogP contribution >= 0.6 is 0 Å². The monoisotopic (exact) mass is 284 g/mol. The van der Waals surface area contributed by atoms with Gasteiger partial charge in [-0.25, -0.2) is 12.7 Å². The number of benzene rings is 1. The third kappa shape index (κ3) is 3.44. The van der Waals surface area contributed by atoms with Crippen LogP contribution in [0.2, 0.25) is 0 Å². The summed E-state index contributed by atoms with van der Waals surface area (Å²) < 4.78 is 25.2. The van der Waals surface area contributed by atoms with Crippen LogP contribution in [-0.2, 0) is 14.8 Å². The van der Waals surface area contributed by atoms with Gasteiger partial charge in [0, 0.05) is 26.7 Å². The smallest absolute Gasteiger partial charge is 0.266 e. The summed E-state index contributed by atoms with van der Waals surface area (Å²) in [6.07, 6.45) is 0. The Morgan fingerprint density at radius 2 is 1.84 bits per heavy atom. The van der Waals surface area contributed by atoms with Crippen molar-refractivity contribution in [2.75, 3.05) is 19.4 Å². The molecule has 8 heteroatoms. The number of sulfonamides is 1. The van der Waals surface area contributed by atoms with Crippen molar-refractivity contribution in [2.24, 2.45) is 10.7 Å². The average Bonchev–Trinajstić information content (AvgIpc) is 2.36. The molecule has 1 rings (SSSR count). The normalized spacial score (nSPS) is 12.1. The highest BCUT2D eigenvalue weighted by Gasteiger charge is 2.22. The standard InChI is InChI=1S/C11H16N4O3S/c1-8(16)14-9-4-6-10(7-5-9)19(17,18)15(3)11(12)13-2/h4-7H,1-3H3,(H2,12,13)(H,14,16). The second kappa shape index (κ2) is 5.70. The lowest BCUT2D eigenvalue weighted by Crippen LogP contribution is -2.38. The van der Waals surface area contributed by atoms with Gasteiger partial charge < -0.3 is 11.1 Å². The molecule has 0 aliphatic heterocycles. The van der Waals surface area contributed by atoms with E-state index in [-0.39, 0.29) is 16.8 Å². The molecule has 1 aromatic carbocycles. The molecule has 0 saturated heterocycles. The van der Waals surface area contributed by atoms with E-state index in [1.165, 1.54) is 45.3 Å². The number of carbonyl (C=O) groups is 1. The van der Waals surface area contributed by atoms with E-state index in [2.05, 4.69) is 10.3 Å². The molecule has 0 aliphatic rings. The zero-order valence-electron chi connectivity index (χ0n) is 10.9. The minimum absolute atomic E-state index is 0.0655. The van der Waals surface area contributed by atoms with Gasteiger partial charge in [0.1, 0.15) is 0 Å². The van der Waals surface area contributed by atoms with Crippen LogP contribution in [0.15, 0.2) is 34.2 Å². The number of anilines is 1. The number of hydrogen-bond acceptors (Lipinski definition) is 4. The lowest BCUT2D eigenvalue weighted by molar-refractivity contribution is -0.114. The number of nitrogens with one attached hydrogen (secondary N) is 1. The van der Waals surface area contributed by atoms with Gasteiger partial charge in [-0.15, -0.1) is 0 Å². The second-order valence-corrected chi connectivity index (χ2v) is 5.73. The number of carbonyl (C=O) groups excluding carboxylic acids is 1. The van der Waals surface area contributed by atoms with Crippen LogP contribution in [0.25, 0.3) is 0 Å². The van der Waals surface area contributed by atoms with Gasteiger partial charge in [0.05, 0.1) is 4.90 Å². The predicted molar refractivity (Wildman–Crippen MR) is 73.2 cm³/mol. The summed E-state index contributed by atoms with van der Waals surface area (Å²) in [7, 11) is -1.01. The first-order chi connectivity index (χ1) is 8.78. The van der Waals surface area contributed by atoms with Gasteiger partial charge >= 0.3 is 0 Å². The van der Waals surface area contributed by atoms with Crippen molar-refractivity contribution in [2.45, 2.75) is 11.8 Å². The molecule has 104 valence electrons. The Balaban J connectivity index is 3.06. The van der Waals surface area contributed by atoms with Crippen molar-refractivity contribution in [3.05, 3.63) is 24.3 Å². The maximum atomic E-state index is 12.1. The number of amides is 1. The van der Waals surface area contributed by atoms with Gasteiger partial charge in [-0.05, 0) is 24.3 Å². The molecule has 0 fully saturated rings. The summed E-state index contributed by atoms with van der Waals surface area (Å²) >= 11 is 0. The largest absolute Gasteiger partial charge is 0.369 e. The third-order valence-electron chi connectivity index (χ3n) is 2.38. The van der Waals surface area contributed by atoms with Crippen molar-refractivity contribution < 1.29 is 13.2 Å². The van der Waals surface area contributed by atoms with Crippen molar-refractivity contribution in [1.29, 1.82) is 0 Å². The Morgan fingerprint density at radius 1 is 1.32 bits per heavy atom. The Labute approximate surface area is 112 Å². The Hall–Kier alpha value is -2.09. The van der Waals surface area contributed by atoms with Gasteiger partial charge in [-0.2, -0.15) is 0 Å². The minimum atomic E-state index is -3.73. The van der Waals surface area contributed by atoms with Crippen molar-refractivity contribution >= 4 is 27.6 Å². The molecule has 0 heterocycles. The van der Waals surface area contributed by atoms with Crippen LogP contribution in [0.1, 0.15) is 6.92 Å². The predicted octanol–water partition coefficient (Wildman–Crippen LogP) is 0.210. The van der Waals surface area contributed by atoms with E-state index < -0.39 is 10.0 Å². The molecule has 1 amide bonds. The van der Waals surface area contributed by atoms with E-state index in [0.717, 1.165) is 4.31 Å². The highest BCUT2D eigenvalue weighted by molar-refractivity contribution is 7.89. The van der Waals surface area contributed by atoms with Crippen LogP contribution in [0.5, 0.6) is 0 Å². The zero-order chi connectivity index (χ0) is 14.6. The number of aliphatic imine (C=N–C) groups is 1. The van der Waals surface area contributed by atoms with Gasteiger partial charge in [0.2, 0.25) is 11.9 Å². The number of hydrogen-bond donors (Lipinski definition) is 2. The molecule has 0 atom stereocenters. The van der Waals surface area contributed by atoms with Crippen LogP contribution < -0.4 is 11.1 Å². The molecule has 0 aliphatic carbocycles. The topological polar surface area (TPSA) is 105 Å². The Bertz CT molecular complexity index is 593. The lowest BCUT2D eigenvalue weighted by atomic mass is 10.3. The maximum Gasteiger partial charge on any atom is 0.266 e. The van der Waals surface area contributed by atoms with E-state index in [1.54, 1.807) is 0 Å². The highest BCUT2D eigenvalue weighted by atomic mass is 32.2. The number of guanidine groups is 1. The molecule has 0 saturated carbocycles. The van der Waals surface area contributed by atoms with Gasteiger partial charge in [-0.1, -0.05) is 0 Å². The van der Waals surface area contributed by atoms with Crippen LogP contribution in [0, 0.1) is 0 Å². The van der Waals surface area contributed by atoms with E-state index in [1.807, 2.05) is 0 Å². The van der Waals surface area contributed by atoms with Crippen LogP contribution in [0.3, 0.4) is 0 Å². The first-order valence-corrected chi connectivity index (χ1v) is 6.82. The molecule has 0 unspecified atom stereocenters. The summed E-state index contributed by atoms with van der Waals surface area (Å²) in [6, 6.07) is 5.78. The summed E-state index contributed by atoms with van der Waals surface area (Å²) in [5.74, 6) is -0.332. The number of nitrogens with two attached hydrogens (primary N) is 1. The molecule has 0 spiro atoms. The Morgan fingerprint density at radius 3 is 2.26 bits per heavy atom. The highest BCUT2D eigenvalue weighted by Crippen LogP contribution is 2.17. The van der Waals surface area contributed by atoms with Crippen LogP contribution in [-0.4, -0.2) is 38.7 Å². The van der Waals surface area contributed by atoms with Crippen molar-refractivity contribution in [3.63, 3.8) is 0 Å². The van der Waals surface area contributed by atoms with E-state index in [4.69, 9.17) is 5.73 Å². The second-order valence-electron chi connectivity index (χ2n) is 3.76. The molecule has 0 aromatic heterocycles. The molecule has 0 radical (unpaired) electrons. The molecular weight excluding hydrogens is 268 g/mol. The lowest BCUT2D eigenvalue weighted by Gasteiger charge is -2.18. The summed E-state index contributed by atoms with van der Waals surface area (Å²) in [4.78, 5) is 14.5. The number of rotatable bonds is 3. The van der Waals surface area contributed by atoms with Gasteiger partial charge in [-0.3, -0.25) is 9.79 Å². The van der Waals surface area contributed by atoms with E-state index in [0.29, 0.717) is 5.69 Å². The van der Waals surface area contributed by atoms with Crippen molar-refractivity contribution in [1.82, 2.24) is 4.31 Å². The number of nitrogens with zero attached hydrogens (tertiary/aromatic N) is 2. The van der Waals surface area contributed by atoms with E-state index >= 15 is 0 Å². The summed E-state index contributed by atoms with van der Waals surface area (Å²) in [5, 5.41) is 2.55. The summed E-state index contributed by atoms with van der Waals surface area (Å²) in [5.41, 5.74) is 6.00. The first-order valence-electron chi connectivity index (χ1n) is 5.38. The van der Waals surface area contributed by atoms with Gasteiger partial charge in [0.25, 0.3) is 10.0 Å². The SMILES string of the molecule is CN=C(N)N(C)S(=O)(=O)c1ccc(NC(C)=O)cc1. The van der Waals surface area contributed by atoms with E-state index in [9.17, 15) is 13.2 Å². The Kier molecular flexibility index (Phi) is 4.49. The fraction of sp³-hybridized carbons (Fsp3) is 0.273. The molecule has 3 N–H and O–H groups in total. The molecule has 0 bridgehead atoms.